The van der Waals surface area contributed by atoms with E-state index in [0.717, 1.165) is 17.1 Å². The summed E-state index contributed by atoms with van der Waals surface area (Å²) >= 11 is 0. The molecular formula is C13H17N3O. The van der Waals surface area contributed by atoms with Crippen LogP contribution in [-0.4, -0.2) is 16.9 Å². The van der Waals surface area contributed by atoms with Gasteiger partial charge in [0.05, 0.1) is 7.11 Å². The van der Waals surface area contributed by atoms with Gasteiger partial charge in [-0.2, -0.15) is 5.10 Å². The summed E-state index contributed by atoms with van der Waals surface area (Å²) in [6, 6.07) is 8.10. The van der Waals surface area contributed by atoms with Crippen molar-refractivity contribution in [2.24, 2.45) is 7.05 Å². The Kier molecular flexibility index (Phi) is 3.32. The molecule has 1 N–H and O–H groups in total. The van der Waals surface area contributed by atoms with Gasteiger partial charge in [-0.1, -0.05) is 17.7 Å². The van der Waals surface area contributed by atoms with Crippen molar-refractivity contribution < 1.29 is 4.74 Å². The van der Waals surface area contributed by atoms with Gasteiger partial charge in [0.15, 0.2) is 0 Å². The molecule has 0 saturated carbocycles. The third-order valence-corrected chi connectivity index (χ3v) is 2.61. The minimum atomic E-state index is 0.710. The van der Waals surface area contributed by atoms with E-state index in [1.54, 1.807) is 11.8 Å². The number of methoxy groups -OCH3 is 1. The summed E-state index contributed by atoms with van der Waals surface area (Å²) in [6.07, 6.45) is 1.91. The van der Waals surface area contributed by atoms with Crippen LogP contribution in [0, 0.1) is 6.92 Å². The van der Waals surface area contributed by atoms with E-state index in [4.69, 9.17) is 4.74 Å². The van der Waals surface area contributed by atoms with Gasteiger partial charge in [0.1, 0.15) is 11.6 Å². The average molecular weight is 231 g/mol. The van der Waals surface area contributed by atoms with Crippen LogP contribution in [0.2, 0.25) is 0 Å². The Morgan fingerprint density at radius 2 is 2.18 bits per heavy atom. The second-order valence-electron chi connectivity index (χ2n) is 4.04. The van der Waals surface area contributed by atoms with E-state index in [1.807, 2.05) is 31.4 Å². The van der Waals surface area contributed by atoms with Gasteiger partial charge in [0.25, 0.3) is 0 Å². The molecule has 0 aliphatic heterocycles. The topological polar surface area (TPSA) is 39.1 Å². The predicted octanol–water partition coefficient (Wildman–Crippen LogP) is 2.35. The predicted molar refractivity (Wildman–Crippen MR) is 68.3 cm³/mol. The zero-order valence-corrected chi connectivity index (χ0v) is 10.4. The summed E-state index contributed by atoms with van der Waals surface area (Å²) in [5.41, 5.74) is 2.36. The molecule has 1 heterocycles. The Bertz CT molecular complexity index is 505. The Balaban J connectivity index is 2.10. The zero-order valence-electron chi connectivity index (χ0n) is 10.4. The van der Waals surface area contributed by atoms with Crippen molar-refractivity contribution in [3.63, 3.8) is 0 Å². The highest BCUT2D eigenvalue weighted by Gasteiger charge is 2.03. The average Bonchev–Trinajstić information content (AvgIpc) is 2.73. The van der Waals surface area contributed by atoms with E-state index in [0.29, 0.717) is 6.54 Å². The maximum absolute atomic E-state index is 5.33. The molecule has 4 heteroatoms. The third kappa shape index (κ3) is 2.78. The van der Waals surface area contributed by atoms with Gasteiger partial charge >= 0.3 is 0 Å². The van der Waals surface area contributed by atoms with Crippen LogP contribution >= 0.6 is 0 Å². The maximum Gasteiger partial charge on any atom is 0.148 e. The fourth-order valence-electron chi connectivity index (χ4n) is 1.74. The van der Waals surface area contributed by atoms with Crippen LogP contribution in [0.1, 0.15) is 11.1 Å². The third-order valence-electron chi connectivity index (χ3n) is 2.61. The molecule has 0 saturated heterocycles. The number of aromatic nitrogens is 2. The molecule has 2 rings (SSSR count). The molecule has 0 amide bonds. The second-order valence-corrected chi connectivity index (χ2v) is 4.04. The minimum Gasteiger partial charge on any atom is -0.496 e. The first-order chi connectivity index (χ1) is 8.19. The molecule has 0 spiro atoms. The number of hydrogen-bond acceptors (Lipinski definition) is 3. The summed E-state index contributed by atoms with van der Waals surface area (Å²) in [5.74, 6) is 1.77. The lowest BCUT2D eigenvalue weighted by Gasteiger charge is -2.10. The zero-order chi connectivity index (χ0) is 12.3. The summed E-state index contributed by atoms with van der Waals surface area (Å²) in [6.45, 7) is 2.78. The molecule has 0 unspecified atom stereocenters. The molecule has 0 aliphatic rings. The van der Waals surface area contributed by atoms with Crippen molar-refractivity contribution in [1.82, 2.24) is 9.78 Å². The highest BCUT2D eigenvalue weighted by Crippen LogP contribution is 2.20. The molecule has 0 bridgehead atoms. The summed E-state index contributed by atoms with van der Waals surface area (Å²) < 4.78 is 7.10. The van der Waals surface area contributed by atoms with Crippen molar-refractivity contribution in [2.75, 3.05) is 12.4 Å². The highest BCUT2D eigenvalue weighted by atomic mass is 16.5. The number of anilines is 1. The molecule has 0 radical (unpaired) electrons. The van der Waals surface area contributed by atoms with Crippen LogP contribution in [0.25, 0.3) is 0 Å². The molecule has 17 heavy (non-hydrogen) atoms. The fourth-order valence-corrected chi connectivity index (χ4v) is 1.74. The van der Waals surface area contributed by atoms with E-state index in [9.17, 15) is 0 Å². The van der Waals surface area contributed by atoms with E-state index in [-0.39, 0.29) is 0 Å². The molecule has 0 atom stereocenters. The Labute approximate surface area is 101 Å². The molecule has 2 aromatic rings. The molecule has 0 fully saturated rings. The molecular weight excluding hydrogens is 214 g/mol. The van der Waals surface area contributed by atoms with E-state index in [2.05, 4.69) is 23.4 Å². The lowest BCUT2D eigenvalue weighted by Crippen LogP contribution is -2.03. The summed E-state index contributed by atoms with van der Waals surface area (Å²) in [7, 11) is 3.59. The van der Waals surface area contributed by atoms with E-state index in [1.165, 1.54) is 5.56 Å². The lowest BCUT2D eigenvalue weighted by atomic mass is 10.1. The summed E-state index contributed by atoms with van der Waals surface area (Å²) in [5, 5.41) is 7.54. The highest BCUT2D eigenvalue weighted by molar-refractivity contribution is 5.41. The molecule has 90 valence electrons. The standard InChI is InChI=1S/C13H17N3O/c1-10-4-5-12(17-3)11(8-10)9-14-13-6-7-16(2)15-13/h4-8H,9H2,1-3H3,(H,14,15). The van der Waals surface area contributed by atoms with Crippen molar-refractivity contribution in [3.8, 4) is 5.75 Å². The smallest absolute Gasteiger partial charge is 0.148 e. The number of benzene rings is 1. The second kappa shape index (κ2) is 4.91. The van der Waals surface area contributed by atoms with Crippen LogP contribution in [0.5, 0.6) is 5.75 Å². The SMILES string of the molecule is COc1ccc(C)cc1CNc1ccn(C)n1. The Morgan fingerprint density at radius 1 is 1.35 bits per heavy atom. The van der Waals surface area contributed by atoms with Gasteiger partial charge in [0.2, 0.25) is 0 Å². The number of ether oxygens (including phenoxy) is 1. The monoisotopic (exact) mass is 231 g/mol. The van der Waals surface area contributed by atoms with Crippen molar-refractivity contribution in [3.05, 3.63) is 41.6 Å². The normalized spacial score (nSPS) is 10.3. The van der Waals surface area contributed by atoms with Crippen LogP contribution in [0.15, 0.2) is 30.5 Å². The van der Waals surface area contributed by atoms with Crippen LogP contribution < -0.4 is 10.1 Å². The first kappa shape index (κ1) is 11.5. The van der Waals surface area contributed by atoms with Crippen molar-refractivity contribution in [1.29, 1.82) is 0 Å². The molecule has 1 aromatic carbocycles. The van der Waals surface area contributed by atoms with E-state index < -0.39 is 0 Å². The van der Waals surface area contributed by atoms with Gasteiger partial charge in [-0.25, -0.2) is 0 Å². The van der Waals surface area contributed by atoms with Gasteiger partial charge in [-0.15, -0.1) is 0 Å². The Hall–Kier alpha value is -1.97. The molecule has 1 aromatic heterocycles. The van der Waals surface area contributed by atoms with E-state index >= 15 is 0 Å². The largest absolute Gasteiger partial charge is 0.496 e. The van der Waals surface area contributed by atoms with Crippen LogP contribution in [0.4, 0.5) is 5.82 Å². The van der Waals surface area contributed by atoms with Gasteiger partial charge < -0.3 is 10.1 Å². The lowest BCUT2D eigenvalue weighted by molar-refractivity contribution is 0.410. The molecule has 4 nitrogen and oxygen atoms in total. The number of aryl methyl sites for hydroxylation is 2. The number of nitrogens with zero attached hydrogens (tertiary/aromatic N) is 2. The Morgan fingerprint density at radius 3 is 2.82 bits per heavy atom. The number of hydrogen-bond donors (Lipinski definition) is 1. The number of nitrogens with one attached hydrogen (secondary N) is 1. The minimum absolute atomic E-state index is 0.710. The fraction of sp³-hybridized carbons (Fsp3) is 0.308. The van der Waals surface area contributed by atoms with Crippen LogP contribution in [0.3, 0.4) is 0 Å². The van der Waals surface area contributed by atoms with Crippen molar-refractivity contribution in [2.45, 2.75) is 13.5 Å². The van der Waals surface area contributed by atoms with Gasteiger partial charge in [0, 0.05) is 31.4 Å². The maximum atomic E-state index is 5.33. The number of rotatable bonds is 4. The quantitative estimate of drug-likeness (QED) is 0.878. The van der Waals surface area contributed by atoms with Gasteiger partial charge in [-0.3, -0.25) is 4.68 Å². The molecule has 0 aliphatic carbocycles. The van der Waals surface area contributed by atoms with Crippen molar-refractivity contribution >= 4 is 5.82 Å². The summed E-state index contributed by atoms with van der Waals surface area (Å²) in [4.78, 5) is 0. The first-order valence-corrected chi connectivity index (χ1v) is 5.56. The van der Waals surface area contributed by atoms with Gasteiger partial charge in [-0.05, 0) is 13.0 Å². The van der Waals surface area contributed by atoms with Crippen LogP contribution in [-0.2, 0) is 13.6 Å². The first-order valence-electron chi connectivity index (χ1n) is 5.56.